The fourth-order valence-electron chi connectivity index (χ4n) is 9.85. The number of pyridine rings is 4. The van der Waals surface area contributed by atoms with Crippen LogP contribution in [-0.2, 0) is 36.4 Å². The number of fused-ring (bicyclic) bond motifs is 2. The van der Waals surface area contributed by atoms with Gasteiger partial charge in [-0.25, -0.2) is 0 Å². The predicted octanol–water partition coefficient (Wildman–Crippen LogP) is 2.15. The molecule has 0 saturated carbocycles. The Morgan fingerprint density at radius 3 is 1.47 bits per heavy atom. The van der Waals surface area contributed by atoms with Gasteiger partial charge in [0.25, 0.3) is 57.7 Å². The zero-order chi connectivity index (χ0) is 65.4. The van der Waals surface area contributed by atoms with Gasteiger partial charge in [0.1, 0.15) is 59.8 Å². The van der Waals surface area contributed by atoms with Crippen LogP contribution in [0, 0.1) is 0 Å². The van der Waals surface area contributed by atoms with E-state index >= 15 is 0 Å². The molecule has 1 unspecified atom stereocenters. The highest BCUT2D eigenvalue weighted by Gasteiger charge is 2.33. The fourth-order valence-corrected chi connectivity index (χ4v) is 9.85. The second kappa shape index (κ2) is 33.6. The lowest BCUT2D eigenvalue weighted by Gasteiger charge is -2.32. The van der Waals surface area contributed by atoms with E-state index in [9.17, 15) is 52.7 Å². The molecule has 0 radical (unpaired) electrons. The molecule has 0 saturated heterocycles. The van der Waals surface area contributed by atoms with E-state index in [1.807, 2.05) is 13.0 Å². The molecule has 3 aliphatic heterocycles. The molecule has 1 atom stereocenters. The Morgan fingerprint density at radius 1 is 0.478 bits per heavy atom. The molecule has 26 heteroatoms. The van der Waals surface area contributed by atoms with Crippen molar-refractivity contribution in [3.63, 3.8) is 0 Å². The first-order valence-corrected chi connectivity index (χ1v) is 30.2. The summed E-state index contributed by atoms with van der Waals surface area (Å²) in [5, 5.41) is 13.6. The Labute approximate surface area is 528 Å². The predicted molar refractivity (Wildman–Crippen MR) is 337 cm³/mol. The summed E-state index contributed by atoms with van der Waals surface area (Å²) in [6, 6.07) is 38.0. The summed E-state index contributed by atoms with van der Waals surface area (Å²) in [5.74, 6) is -5.38. The average molecular weight is 1260 g/mol. The third-order valence-electron chi connectivity index (χ3n) is 14.7. The smallest absolute Gasteiger partial charge is 0.296 e. The minimum Gasteiger partial charge on any atom is -0.405 e. The molecule has 4 aromatic heterocycles. The molecule has 7 amide bonds. The topological polar surface area (TPSA) is 311 Å². The lowest BCUT2D eigenvalue weighted by Crippen LogP contribution is -2.52. The number of amides is 7. The second-order valence-corrected chi connectivity index (χ2v) is 21.2. The number of nitrogens with one attached hydrogen (secondary N) is 5. The van der Waals surface area contributed by atoms with Gasteiger partial charge in [-0.1, -0.05) is 110 Å². The van der Waals surface area contributed by atoms with Crippen LogP contribution in [0.4, 0.5) is 0 Å². The molecule has 3 aliphatic rings. The Morgan fingerprint density at radius 2 is 0.946 bits per heavy atom. The van der Waals surface area contributed by atoms with E-state index < -0.39 is 80.8 Å². The van der Waals surface area contributed by atoms with Gasteiger partial charge in [-0.15, -0.1) is 14.2 Å². The lowest BCUT2D eigenvalue weighted by molar-refractivity contribution is -0.126. The number of carbonyl (C=O) groups excluding carboxylic acids is 7. The molecule has 0 spiro atoms. The molecule has 10 rings (SSSR count). The van der Waals surface area contributed by atoms with Crippen LogP contribution in [0.1, 0.15) is 118 Å². The largest absolute Gasteiger partial charge is 0.405 e. The van der Waals surface area contributed by atoms with Gasteiger partial charge >= 0.3 is 0 Å². The van der Waals surface area contributed by atoms with E-state index in [0.29, 0.717) is 39.2 Å². The number of nitrogens with zero attached hydrogens (tertiary/aromatic N) is 6. The van der Waals surface area contributed by atoms with E-state index in [4.69, 9.17) is 19.2 Å². The van der Waals surface area contributed by atoms with Crippen LogP contribution < -0.4 is 63.3 Å². The van der Waals surface area contributed by atoms with Gasteiger partial charge in [0.15, 0.2) is 0 Å². The number of hydrogen-bond acceptors (Lipinski definition) is 15. The first-order chi connectivity index (χ1) is 44.6. The summed E-state index contributed by atoms with van der Waals surface area (Å²) >= 11 is 0. The number of benzene rings is 3. The summed E-state index contributed by atoms with van der Waals surface area (Å²) < 4.78 is 9.05. The van der Waals surface area contributed by atoms with Crippen LogP contribution in [0.2, 0.25) is 0 Å². The van der Waals surface area contributed by atoms with E-state index in [1.54, 1.807) is 84.9 Å². The van der Waals surface area contributed by atoms with Crippen LogP contribution in [0.15, 0.2) is 171 Å². The molecular weight excluding hydrogens is 1190 g/mol. The van der Waals surface area contributed by atoms with Crippen molar-refractivity contribution >= 4 is 41.4 Å². The third-order valence-corrected chi connectivity index (χ3v) is 14.7. The van der Waals surface area contributed by atoms with Crippen LogP contribution >= 0.6 is 0 Å². The monoisotopic (exact) mass is 1260 g/mol. The standard InChI is InChI=1S/C66H73N11O15/c1-3-41-89-42-37-71-60(82)51-26-15-38-73(65(87)55-25-14-28-57(79)75(55)90-43-46-18-7-4-8-19-46)39-16-33-67-58(80)49-29-31-52(76(63(49)85)91-44-47-20-9-5-10-21-47)61(83)69-35-36-70-62(84)53-32-30-50(64(86)77(53)92-45-48-22-11-6-12-23-48)59(81)68-34-17-40-74(51)66(88)54-24-13-27-56(78)72(54)2/h4-14,18-25,27-32,51H,3,15-17,26,33-45H2,1-2H3,(H,67,80)(H,68,81)(H,69,83)(H,70,84)(H,71,82). The van der Waals surface area contributed by atoms with E-state index in [2.05, 4.69) is 26.6 Å². The van der Waals surface area contributed by atoms with Crippen molar-refractivity contribution in [1.82, 2.24) is 55.1 Å². The second-order valence-electron chi connectivity index (χ2n) is 21.2. The van der Waals surface area contributed by atoms with Gasteiger partial charge in [-0.3, -0.25) is 52.7 Å². The Hall–Kier alpha value is -10.9. The van der Waals surface area contributed by atoms with Crippen molar-refractivity contribution in [2.45, 2.75) is 64.9 Å². The summed E-state index contributed by atoms with van der Waals surface area (Å²) in [6.07, 6.45) is 0.678. The molecule has 7 heterocycles. The first-order valence-electron chi connectivity index (χ1n) is 30.2. The van der Waals surface area contributed by atoms with Crippen molar-refractivity contribution < 1.29 is 52.8 Å². The van der Waals surface area contributed by atoms with Crippen molar-refractivity contribution in [1.29, 1.82) is 0 Å². The molecule has 26 nitrogen and oxygen atoms in total. The zero-order valence-electron chi connectivity index (χ0n) is 51.0. The lowest BCUT2D eigenvalue weighted by atomic mass is 10.1. The molecule has 5 N–H and O–H groups in total. The number of rotatable bonds is 17. The van der Waals surface area contributed by atoms with Gasteiger partial charge in [0, 0.05) is 78.1 Å². The number of carbonyl (C=O) groups is 7. The Bertz CT molecular complexity index is 3970. The maximum absolute atomic E-state index is 14.9. The molecular formula is C66H73N11O15. The van der Waals surface area contributed by atoms with Crippen molar-refractivity contribution in [3.8, 4) is 0 Å². The summed E-state index contributed by atoms with van der Waals surface area (Å²) in [6.45, 7) is 0.903. The van der Waals surface area contributed by atoms with Crippen molar-refractivity contribution in [2.75, 3.05) is 65.6 Å². The van der Waals surface area contributed by atoms with Crippen molar-refractivity contribution in [3.05, 3.63) is 244 Å². The minimum absolute atomic E-state index is 0.0131. The molecule has 7 aromatic rings. The summed E-state index contributed by atoms with van der Waals surface area (Å²) in [4.78, 5) is 176. The van der Waals surface area contributed by atoms with Gasteiger partial charge in [0.2, 0.25) is 5.91 Å². The minimum atomic E-state index is -1.30. The molecule has 0 fully saturated rings. The summed E-state index contributed by atoms with van der Waals surface area (Å²) in [7, 11) is 1.40. The van der Waals surface area contributed by atoms with Gasteiger partial charge in [-0.05, 0) is 85.2 Å². The SMILES string of the molecule is CCCOCCNC(=O)C1CCCN(C(=O)c2cccc(=O)n2OCc2ccccc2)CCCNC(=O)c2ccc(n(OCc3ccccc3)c2=O)C(=O)NCCNC(=O)c2ccc(c(=O)n2OCc2ccccc2)C(=O)NCCCN1C(=O)c1cccc(=O)n1C. The maximum Gasteiger partial charge on any atom is 0.296 e. The maximum atomic E-state index is 14.9. The third kappa shape index (κ3) is 17.9. The quantitative estimate of drug-likeness (QED) is 0.0816. The van der Waals surface area contributed by atoms with E-state index in [0.717, 1.165) is 21.4 Å². The highest BCUT2D eigenvalue weighted by molar-refractivity contribution is 5.98. The van der Waals surface area contributed by atoms with Gasteiger partial charge < -0.3 is 60.2 Å². The van der Waals surface area contributed by atoms with Gasteiger partial charge in [-0.2, -0.15) is 0 Å². The van der Waals surface area contributed by atoms with Gasteiger partial charge in [0.05, 0.1) is 6.61 Å². The number of ether oxygens (including phenoxy) is 1. The van der Waals surface area contributed by atoms with Crippen LogP contribution in [0.3, 0.4) is 0 Å². The fraction of sp³-hybridized carbons (Fsp3) is 0.318. The Balaban J connectivity index is 1.16. The zero-order valence-corrected chi connectivity index (χ0v) is 51.0. The van der Waals surface area contributed by atoms with E-state index in [1.165, 1.54) is 65.4 Å². The van der Waals surface area contributed by atoms with Crippen LogP contribution in [0.25, 0.3) is 0 Å². The van der Waals surface area contributed by atoms with E-state index in [-0.39, 0.29) is 127 Å². The molecule has 4 bridgehead atoms. The highest BCUT2D eigenvalue weighted by atomic mass is 16.7. The molecule has 3 aromatic carbocycles. The van der Waals surface area contributed by atoms with Crippen LogP contribution in [-0.4, -0.2) is 142 Å². The first kappa shape index (κ1) is 67.0. The summed E-state index contributed by atoms with van der Waals surface area (Å²) in [5.41, 5.74) is -2.87. The average Bonchev–Trinajstić information content (AvgIpc) is 0.872. The molecule has 92 heavy (non-hydrogen) atoms. The highest BCUT2D eigenvalue weighted by Crippen LogP contribution is 2.17. The van der Waals surface area contributed by atoms with Crippen molar-refractivity contribution in [2.24, 2.45) is 7.05 Å². The number of hydrogen-bond donors (Lipinski definition) is 5. The Kier molecular flexibility index (Phi) is 24.5. The molecule has 482 valence electrons. The van der Waals surface area contributed by atoms with Crippen LogP contribution in [0.5, 0.6) is 0 Å². The normalized spacial score (nSPS) is 14.9. The number of aromatic nitrogens is 4. The molecule has 0 aliphatic carbocycles.